The van der Waals surface area contributed by atoms with Crippen molar-refractivity contribution in [2.24, 2.45) is 5.92 Å². The number of nitrogen functional groups attached to an aromatic ring is 1. The minimum Gasteiger partial charge on any atom is -0.507 e. The first-order valence-corrected chi connectivity index (χ1v) is 13.2. The zero-order valence-corrected chi connectivity index (χ0v) is 21.2. The van der Waals surface area contributed by atoms with E-state index in [1.807, 2.05) is 24.4 Å². The van der Waals surface area contributed by atoms with Crippen LogP contribution in [0.4, 0.5) is 17.2 Å². The molecule has 37 heavy (non-hydrogen) atoms. The molecular weight excluding hydrogens is 462 g/mol. The van der Waals surface area contributed by atoms with Crippen LogP contribution in [0.15, 0.2) is 48.7 Å². The number of aromatic hydroxyl groups is 1. The fourth-order valence-electron chi connectivity index (χ4n) is 6.05. The number of pyridine rings is 1. The molecule has 3 N–H and O–H groups in total. The molecule has 0 spiro atoms. The number of hydrogen-bond acceptors (Lipinski definition) is 8. The van der Waals surface area contributed by atoms with Crippen LogP contribution in [0.5, 0.6) is 5.75 Å². The largest absolute Gasteiger partial charge is 0.507 e. The second kappa shape index (κ2) is 9.91. The number of nitrogens with two attached hydrogens (primary N) is 1. The number of nitrogens with zero attached hydrogens (tertiary/aromatic N) is 6. The highest BCUT2D eigenvalue weighted by molar-refractivity contribution is 5.74. The molecule has 6 rings (SSSR count). The van der Waals surface area contributed by atoms with Crippen molar-refractivity contribution in [3.63, 3.8) is 0 Å². The SMILES string of the molecule is C[C@H]1CCN(CC#Cc2cc(N3C4CCC3CN(c3cc(-c5ccccc5O)nnc3N)C4)ccn2)C1. The van der Waals surface area contributed by atoms with Crippen molar-refractivity contribution in [2.75, 3.05) is 48.3 Å². The molecular formula is C29H33N7O. The molecule has 3 aliphatic heterocycles. The van der Waals surface area contributed by atoms with Crippen LogP contribution in [0.3, 0.4) is 0 Å². The predicted octanol–water partition coefficient (Wildman–Crippen LogP) is 3.38. The van der Waals surface area contributed by atoms with Gasteiger partial charge in [-0.25, -0.2) is 4.98 Å². The van der Waals surface area contributed by atoms with Gasteiger partial charge in [0.05, 0.1) is 17.9 Å². The van der Waals surface area contributed by atoms with E-state index in [0.717, 1.165) is 62.9 Å². The average Bonchev–Trinajstić information content (AvgIpc) is 3.44. The van der Waals surface area contributed by atoms with Crippen molar-refractivity contribution in [2.45, 2.75) is 38.3 Å². The Balaban J connectivity index is 1.19. The summed E-state index contributed by atoms with van der Waals surface area (Å²) in [6.07, 6.45) is 5.40. The fourth-order valence-corrected chi connectivity index (χ4v) is 6.05. The first kappa shape index (κ1) is 23.6. The van der Waals surface area contributed by atoms with Gasteiger partial charge in [0.2, 0.25) is 0 Å². The molecule has 5 heterocycles. The third-order valence-electron chi connectivity index (χ3n) is 7.87. The van der Waals surface area contributed by atoms with Gasteiger partial charge in [-0.05, 0) is 68.0 Å². The smallest absolute Gasteiger partial charge is 0.169 e. The monoisotopic (exact) mass is 495 g/mol. The molecule has 2 aromatic heterocycles. The Morgan fingerprint density at radius 3 is 2.59 bits per heavy atom. The number of phenols is 1. The molecule has 2 bridgehead atoms. The Kier molecular flexibility index (Phi) is 6.31. The lowest BCUT2D eigenvalue weighted by molar-refractivity contribution is 0.369. The summed E-state index contributed by atoms with van der Waals surface area (Å²) >= 11 is 0. The Morgan fingerprint density at radius 2 is 1.84 bits per heavy atom. The molecule has 0 radical (unpaired) electrons. The number of para-hydroxylation sites is 1. The van der Waals surface area contributed by atoms with E-state index in [2.05, 4.69) is 60.8 Å². The van der Waals surface area contributed by atoms with Crippen LogP contribution in [-0.2, 0) is 0 Å². The van der Waals surface area contributed by atoms with Gasteiger partial charge in [-0.1, -0.05) is 25.0 Å². The van der Waals surface area contributed by atoms with Gasteiger partial charge in [-0.15, -0.1) is 10.2 Å². The lowest BCUT2D eigenvalue weighted by Gasteiger charge is -2.43. The van der Waals surface area contributed by atoms with E-state index in [0.29, 0.717) is 29.2 Å². The van der Waals surface area contributed by atoms with Crippen molar-refractivity contribution >= 4 is 17.2 Å². The highest BCUT2D eigenvalue weighted by atomic mass is 16.3. The van der Waals surface area contributed by atoms with Crippen molar-refractivity contribution in [1.29, 1.82) is 0 Å². The van der Waals surface area contributed by atoms with E-state index in [4.69, 9.17) is 5.73 Å². The molecule has 8 heteroatoms. The fraction of sp³-hybridized carbons (Fsp3) is 0.414. The molecule has 2 unspecified atom stereocenters. The lowest BCUT2D eigenvalue weighted by Crippen LogP contribution is -2.54. The highest BCUT2D eigenvalue weighted by Gasteiger charge is 2.40. The van der Waals surface area contributed by atoms with Crippen LogP contribution in [0.1, 0.15) is 31.9 Å². The number of hydrogen-bond donors (Lipinski definition) is 2. The zero-order chi connectivity index (χ0) is 25.4. The molecule has 8 nitrogen and oxygen atoms in total. The quantitative estimate of drug-likeness (QED) is 0.532. The molecule has 3 atom stereocenters. The van der Waals surface area contributed by atoms with Gasteiger partial charge in [-0.3, -0.25) is 4.90 Å². The van der Waals surface area contributed by atoms with Crippen LogP contribution >= 0.6 is 0 Å². The maximum atomic E-state index is 10.3. The number of phenolic OH excluding ortho intramolecular Hbond substituents is 1. The van der Waals surface area contributed by atoms with Crippen molar-refractivity contribution in [3.8, 4) is 28.8 Å². The number of fused-ring (bicyclic) bond motifs is 2. The van der Waals surface area contributed by atoms with Gasteiger partial charge in [-0.2, -0.15) is 0 Å². The van der Waals surface area contributed by atoms with Crippen LogP contribution in [0.2, 0.25) is 0 Å². The van der Waals surface area contributed by atoms with Gasteiger partial charge < -0.3 is 20.6 Å². The van der Waals surface area contributed by atoms with Crippen LogP contribution in [0, 0.1) is 17.8 Å². The Labute approximate surface area is 218 Å². The maximum Gasteiger partial charge on any atom is 0.169 e. The van der Waals surface area contributed by atoms with E-state index in [9.17, 15) is 5.11 Å². The number of likely N-dealkylation sites (tertiary alicyclic amines) is 1. The van der Waals surface area contributed by atoms with Gasteiger partial charge in [0, 0.05) is 49.2 Å². The molecule has 0 amide bonds. The van der Waals surface area contributed by atoms with Crippen LogP contribution in [-0.4, -0.2) is 70.0 Å². The highest BCUT2D eigenvalue weighted by Crippen LogP contribution is 2.39. The molecule has 0 saturated carbocycles. The summed E-state index contributed by atoms with van der Waals surface area (Å²) in [5.74, 6) is 8.00. The number of anilines is 3. The topological polar surface area (TPSA) is 94.6 Å². The lowest BCUT2D eigenvalue weighted by atomic mass is 10.1. The van der Waals surface area contributed by atoms with Gasteiger partial charge >= 0.3 is 0 Å². The molecule has 3 saturated heterocycles. The van der Waals surface area contributed by atoms with Gasteiger partial charge in [0.1, 0.15) is 11.4 Å². The summed E-state index contributed by atoms with van der Waals surface area (Å²) in [6, 6.07) is 14.1. The molecule has 3 fully saturated rings. The molecule has 3 aromatic rings. The molecule has 3 aliphatic rings. The third-order valence-corrected chi connectivity index (χ3v) is 7.87. The number of aromatic nitrogens is 3. The zero-order valence-electron chi connectivity index (χ0n) is 21.2. The van der Waals surface area contributed by atoms with Gasteiger partial charge in [0.25, 0.3) is 0 Å². The molecule has 190 valence electrons. The van der Waals surface area contributed by atoms with Crippen LogP contribution < -0.4 is 15.5 Å². The molecule has 1 aromatic carbocycles. The summed E-state index contributed by atoms with van der Waals surface area (Å²) in [4.78, 5) is 11.8. The van der Waals surface area contributed by atoms with Crippen molar-refractivity contribution in [1.82, 2.24) is 20.1 Å². The first-order valence-electron chi connectivity index (χ1n) is 13.2. The number of benzene rings is 1. The third kappa shape index (κ3) is 4.79. The Bertz CT molecular complexity index is 1340. The normalized spacial score (nSPS) is 23.2. The maximum absolute atomic E-state index is 10.3. The summed E-state index contributed by atoms with van der Waals surface area (Å²) in [6.45, 7) is 7.10. The summed E-state index contributed by atoms with van der Waals surface area (Å²) in [5.41, 5.74) is 10.5. The predicted molar refractivity (Wildman–Crippen MR) is 146 cm³/mol. The summed E-state index contributed by atoms with van der Waals surface area (Å²) in [5, 5.41) is 18.8. The van der Waals surface area contributed by atoms with Crippen LogP contribution in [0.25, 0.3) is 11.3 Å². The van der Waals surface area contributed by atoms with E-state index >= 15 is 0 Å². The van der Waals surface area contributed by atoms with E-state index in [-0.39, 0.29) is 5.75 Å². The van der Waals surface area contributed by atoms with Gasteiger partial charge in [0.15, 0.2) is 5.82 Å². The number of piperazine rings is 1. The van der Waals surface area contributed by atoms with E-state index in [1.165, 1.54) is 12.1 Å². The van der Waals surface area contributed by atoms with Crippen molar-refractivity contribution < 1.29 is 5.11 Å². The Hall–Kier alpha value is -3.83. The molecule has 0 aliphatic carbocycles. The standard InChI is InChI=1S/C29H33N7O/c1-20-11-14-34(17-20)13-4-5-21-15-22(10-12-31-21)36-23-8-9-24(36)19-35(18-23)27-16-26(32-33-29(27)30)25-6-2-3-7-28(25)37/h2-3,6-7,10,12,15-16,20,23-24,37H,8-9,11,13-14,17-19H2,1H3,(H2,30,33)/t20-,23?,24?/m0/s1. The number of rotatable bonds is 4. The first-order chi connectivity index (χ1) is 18.0. The average molecular weight is 496 g/mol. The second-order valence-electron chi connectivity index (χ2n) is 10.5. The van der Waals surface area contributed by atoms with Crippen molar-refractivity contribution in [3.05, 3.63) is 54.4 Å². The van der Waals surface area contributed by atoms with E-state index in [1.54, 1.807) is 12.1 Å². The minimum atomic E-state index is 0.184. The Morgan fingerprint density at radius 1 is 1.03 bits per heavy atom. The van der Waals surface area contributed by atoms with E-state index < -0.39 is 0 Å². The second-order valence-corrected chi connectivity index (χ2v) is 10.5. The minimum absolute atomic E-state index is 0.184. The summed E-state index contributed by atoms with van der Waals surface area (Å²) < 4.78 is 0. The summed E-state index contributed by atoms with van der Waals surface area (Å²) in [7, 11) is 0.